The largest absolute Gasteiger partial charge is 0.330 e. The first kappa shape index (κ1) is 13.0. The highest BCUT2D eigenvalue weighted by Crippen LogP contribution is 2.26. The third-order valence-corrected chi connectivity index (χ3v) is 2.85. The molecule has 1 aromatic rings. The van der Waals surface area contributed by atoms with E-state index >= 15 is 0 Å². The van der Waals surface area contributed by atoms with Gasteiger partial charge in [-0.3, -0.25) is 0 Å². The molecule has 0 spiro atoms. The second-order valence-electron chi connectivity index (χ2n) is 4.71. The number of hydrogen-bond donors (Lipinski definition) is 1. The first-order valence-electron chi connectivity index (χ1n) is 6.04. The molecule has 0 aliphatic rings. The van der Waals surface area contributed by atoms with Crippen molar-refractivity contribution in [2.24, 2.45) is 11.7 Å². The summed E-state index contributed by atoms with van der Waals surface area (Å²) >= 11 is 0. The van der Waals surface area contributed by atoms with Crippen LogP contribution < -0.4 is 5.73 Å². The SMILES string of the molecule is Cc1ccc(/C(=C/CCN)C(C)C)c(C)c1. The molecule has 1 nitrogen and oxygen atoms in total. The van der Waals surface area contributed by atoms with Crippen LogP contribution in [0.25, 0.3) is 5.57 Å². The van der Waals surface area contributed by atoms with Gasteiger partial charge in [-0.1, -0.05) is 43.7 Å². The van der Waals surface area contributed by atoms with Gasteiger partial charge in [0.15, 0.2) is 0 Å². The van der Waals surface area contributed by atoms with E-state index in [2.05, 4.69) is 52.0 Å². The molecule has 0 bridgehead atoms. The van der Waals surface area contributed by atoms with Crippen molar-refractivity contribution < 1.29 is 0 Å². The molecule has 88 valence electrons. The van der Waals surface area contributed by atoms with E-state index in [-0.39, 0.29) is 0 Å². The predicted molar refractivity (Wildman–Crippen MR) is 72.4 cm³/mol. The Morgan fingerprint density at radius 3 is 2.50 bits per heavy atom. The zero-order valence-corrected chi connectivity index (χ0v) is 10.9. The van der Waals surface area contributed by atoms with Crippen LogP contribution in [0.15, 0.2) is 24.3 Å². The Kier molecular flexibility index (Phi) is 4.75. The highest BCUT2D eigenvalue weighted by atomic mass is 14.5. The van der Waals surface area contributed by atoms with Gasteiger partial charge in [0.05, 0.1) is 0 Å². The molecular weight excluding hydrogens is 194 g/mol. The van der Waals surface area contributed by atoms with Crippen molar-refractivity contribution in [2.75, 3.05) is 6.54 Å². The summed E-state index contributed by atoms with van der Waals surface area (Å²) in [4.78, 5) is 0. The van der Waals surface area contributed by atoms with Crippen LogP contribution in [0.4, 0.5) is 0 Å². The second-order valence-corrected chi connectivity index (χ2v) is 4.71. The van der Waals surface area contributed by atoms with Gasteiger partial charge < -0.3 is 5.73 Å². The summed E-state index contributed by atoms with van der Waals surface area (Å²) in [5.74, 6) is 0.549. The van der Waals surface area contributed by atoms with Gasteiger partial charge in [0.25, 0.3) is 0 Å². The Hall–Kier alpha value is -1.08. The Bertz CT molecular complexity index is 375. The number of aryl methyl sites for hydroxylation is 2. The average molecular weight is 217 g/mol. The predicted octanol–water partition coefficient (Wildman–Crippen LogP) is 3.69. The standard InChI is InChI=1S/C15H23N/c1-11(2)14(6-5-9-16)15-8-7-12(3)10-13(15)4/h6-8,10-11H,5,9,16H2,1-4H3/b14-6+. The summed E-state index contributed by atoms with van der Waals surface area (Å²) in [7, 11) is 0. The highest BCUT2D eigenvalue weighted by molar-refractivity contribution is 5.69. The molecule has 0 aromatic heterocycles. The van der Waals surface area contributed by atoms with Crippen LogP contribution in [0, 0.1) is 19.8 Å². The summed E-state index contributed by atoms with van der Waals surface area (Å²) in [6.07, 6.45) is 3.24. The lowest BCUT2D eigenvalue weighted by atomic mass is 9.90. The molecule has 1 aromatic carbocycles. The smallest absolute Gasteiger partial charge is 0.00424 e. The molecule has 0 fully saturated rings. The van der Waals surface area contributed by atoms with Gasteiger partial charge in [-0.2, -0.15) is 0 Å². The Morgan fingerprint density at radius 2 is 2.00 bits per heavy atom. The number of rotatable bonds is 4. The fourth-order valence-corrected chi connectivity index (χ4v) is 2.03. The monoisotopic (exact) mass is 217 g/mol. The van der Waals surface area contributed by atoms with E-state index in [0.29, 0.717) is 5.92 Å². The fraction of sp³-hybridized carbons (Fsp3) is 0.467. The van der Waals surface area contributed by atoms with E-state index in [1.807, 2.05) is 0 Å². The zero-order valence-electron chi connectivity index (χ0n) is 10.9. The van der Waals surface area contributed by atoms with Gasteiger partial charge in [-0.05, 0) is 49.4 Å². The molecule has 0 saturated carbocycles. The van der Waals surface area contributed by atoms with Crippen LogP contribution in [-0.2, 0) is 0 Å². The maximum atomic E-state index is 5.57. The zero-order chi connectivity index (χ0) is 12.1. The van der Waals surface area contributed by atoms with Gasteiger partial charge in [-0.25, -0.2) is 0 Å². The summed E-state index contributed by atoms with van der Waals surface area (Å²) < 4.78 is 0. The maximum absolute atomic E-state index is 5.57. The third-order valence-electron chi connectivity index (χ3n) is 2.85. The van der Waals surface area contributed by atoms with Crippen molar-refractivity contribution >= 4 is 5.57 Å². The molecule has 0 aliphatic carbocycles. The minimum absolute atomic E-state index is 0.549. The first-order valence-corrected chi connectivity index (χ1v) is 6.04. The van der Waals surface area contributed by atoms with E-state index in [0.717, 1.165) is 13.0 Å². The molecule has 0 amide bonds. The second kappa shape index (κ2) is 5.86. The molecule has 0 saturated heterocycles. The quantitative estimate of drug-likeness (QED) is 0.817. The van der Waals surface area contributed by atoms with Crippen molar-refractivity contribution in [1.29, 1.82) is 0 Å². The summed E-state index contributed by atoms with van der Waals surface area (Å²) in [6, 6.07) is 6.65. The summed E-state index contributed by atoms with van der Waals surface area (Å²) in [5.41, 5.74) is 11.0. The van der Waals surface area contributed by atoms with Crippen LogP contribution >= 0.6 is 0 Å². The van der Waals surface area contributed by atoms with Gasteiger partial charge in [0, 0.05) is 0 Å². The van der Waals surface area contributed by atoms with E-state index in [9.17, 15) is 0 Å². The number of nitrogens with two attached hydrogens (primary N) is 1. The molecule has 0 unspecified atom stereocenters. The number of allylic oxidation sites excluding steroid dienone is 1. The fourth-order valence-electron chi connectivity index (χ4n) is 2.03. The molecule has 1 heteroatoms. The van der Waals surface area contributed by atoms with Crippen LogP contribution in [0.1, 0.15) is 37.0 Å². The van der Waals surface area contributed by atoms with E-state index in [1.54, 1.807) is 0 Å². The maximum Gasteiger partial charge on any atom is -0.00424 e. The van der Waals surface area contributed by atoms with Crippen LogP contribution in [0.2, 0.25) is 0 Å². The van der Waals surface area contributed by atoms with Crippen molar-refractivity contribution in [3.8, 4) is 0 Å². The van der Waals surface area contributed by atoms with Crippen LogP contribution in [0.5, 0.6) is 0 Å². The molecule has 1 rings (SSSR count). The highest BCUT2D eigenvalue weighted by Gasteiger charge is 2.08. The van der Waals surface area contributed by atoms with Crippen molar-refractivity contribution in [3.63, 3.8) is 0 Å². The van der Waals surface area contributed by atoms with Crippen LogP contribution in [0.3, 0.4) is 0 Å². The number of hydrogen-bond acceptors (Lipinski definition) is 1. The number of benzene rings is 1. The van der Waals surface area contributed by atoms with Crippen LogP contribution in [-0.4, -0.2) is 6.54 Å². The Morgan fingerprint density at radius 1 is 1.31 bits per heavy atom. The van der Waals surface area contributed by atoms with Gasteiger partial charge in [0.1, 0.15) is 0 Å². The minimum Gasteiger partial charge on any atom is -0.330 e. The molecule has 16 heavy (non-hydrogen) atoms. The van der Waals surface area contributed by atoms with E-state index in [1.165, 1.54) is 22.3 Å². The lowest BCUT2D eigenvalue weighted by Gasteiger charge is -2.15. The normalized spacial score (nSPS) is 12.2. The lowest BCUT2D eigenvalue weighted by Crippen LogP contribution is -2.00. The average Bonchev–Trinajstić information content (AvgIpc) is 2.20. The molecule has 2 N–H and O–H groups in total. The van der Waals surface area contributed by atoms with Crippen molar-refractivity contribution in [2.45, 2.75) is 34.1 Å². The molecule has 0 atom stereocenters. The molecule has 0 radical (unpaired) electrons. The molecule has 0 aliphatic heterocycles. The van der Waals surface area contributed by atoms with Gasteiger partial charge >= 0.3 is 0 Å². The van der Waals surface area contributed by atoms with E-state index < -0.39 is 0 Å². The van der Waals surface area contributed by atoms with E-state index in [4.69, 9.17) is 5.73 Å². The van der Waals surface area contributed by atoms with Crippen molar-refractivity contribution in [3.05, 3.63) is 41.0 Å². The molecule has 0 heterocycles. The topological polar surface area (TPSA) is 26.0 Å². The molecular formula is C15H23N. The third kappa shape index (κ3) is 3.21. The first-order chi connectivity index (χ1) is 7.56. The van der Waals surface area contributed by atoms with Gasteiger partial charge in [-0.15, -0.1) is 0 Å². The Balaban J connectivity index is 3.11. The summed E-state index contributed by atoms with van der Waals surface area (Å²) in [5, 5.41) is 0. The summed E-state index contributed by atoms with van der Waals surface area (Å²) in [6.45, 7) is 9.51. The Labute approximate surface area is 99.4 Å². The minimum atomic E-state index is 0.549. The lowest BCUT2D eigenvalue weighted by molar-refractivity contribution is 0.845. The van der Waals surface area contributed by atoms with Crippen molar-refractivity contribution in [1.82, 2.24) is 0 Å². The van der Waals surface area contributed by atoms with Gasteiger partial charge in [0.2, 0.25) is 0 Å².